The number of pyridine rings is 1. The van der Waals surface area contributed by atoms with E-state index < -0.39 is 17.8 Å². The molecule has 0 aliphatic rings. The number of anilines is 1. The summed E-state index contributed by atoms with van der Waals surface area (Å²) < 4.78 is 38.1. The van der Waals surface area contributed by atoms with Gasteiger partial charge < -0.3 is 15.7 Å². The van der Waals surface area contributed by atoms with Crippen LogP contribution in [0.2, 0.25) is 0 Å². The Kier molecular flexibility index (Phi) is 4.93. The van der Waals surface area contributed by atoms with Gasteiger partial charge in [0.1, 0.15) is 11.5 Å². The number of nitrogens with zero attached hydrogens (tertiary/aromatic N) is 2. The average molecular weight is 291 g/mol. The summed E-state index contributed by atoms with van der Waals surface area (Å²) in [7, 11) is 0. The van der Waals surface area contributed by atoms with Gasteiger partial charge in [-0.05, 0) is 26.0 Å². The predicted molar refractivity (Wildman–Crippen MR) is 67.3 cm³/mol. The second-order valence-electron chi connectivity index (χ2n) is 4.44. The van der Waals surface area contributed by atoms with E-state index in [4.69, 9.17) is 10.8 Å². The van der Waals surface area contributed by atoms with Crippen LogP contribution in [0.4, 0.5) is 19.0 Å². The largest absolute Gasteiger partial charge is 0.433 e. The van der Waals surface area contributed by atoms with E-state index in [9.17, 15) is 18.0 Å². The van der Waals surface area contributed by atoms with Gasteiger partial charge in [0, 0.05) is 12.6 Å². The van der Waals surface area contributed by atoms with Gasteiger partial charge in [0.2, 0.25) is 0 Å². The van der Waals surface area contributed by atoms with Gasteiger partial charge in [-0.15, -0.1) is 0 Å². The zero-order valence-electron chi connectivity index (χ0n) is 11.1. The van der Waals surface area contributed by atoms with Crippen LogP contribution in [0, 0.1) is 0 Å². The number of amides is 1. The lowest BCUT2D eigenvalue weighted by Crippen LogP contribution is -2.36. The first kappa shape index (κ1) is 16.2. The first-order valence-electron chi connectivity index (χ1n) is 5.94. The molecule has 0 saturated carbocycles. The molecule has 0 atom stereocenters. The van der Waals surface area contributed by atoms with Gasteiger partial charge in [0.05, 0.1) is 12.2 Å². The molecule has 0 radical (unpaired) electrons. The van der Waals surface area contributed by atoms with Crippen LogP contribution >= 0.6 is 0 Å². The Balaban J connectivity index is 3.41. The third-order valence-corrected chi connectivity index (χ3v) is 2.67. The molecule has 112 valence electrons. The number of aromatic nitrogens is 1. The summed E-state index contributed by atoms with van der Waals surface area (Å²) >= 11 is 0. The third-order valence-electron chi connectivity index (χ3n) is 2.67. The molecule has 0 aliphatic carbocycles. The summed E-state index contributed by atoms with van der Waals surface area (Å²) in [6.45, 7) is 3.19. The number of aliphatic hydroxyl groups is 1. The maximum absolute atomic E-state index is 12.7. The van der Waals surface area contributed by atoms with Crippen LogP contribution in [-0.4, -0.2) is 35.2 Å². The first-order valence-corrected chi connectivity index (χ1v) is 5.94. The summed E-state index contributed by atoms with van der Waals surface area (Å²) in [6, 6.07) is 1.46. The van der Waals surface area contributed by atoms with E-state index in [1.165, 1.54) is 4.90 Å². The van der Waals surface area contributed by atoms with Gasteiger partial charge in [0.25, 0.3) is 5.91 Å². The second kappa shape index (κ2) is 6.08. The van der Waals surface area contributed by atoms with Gasteiger partial charge >= 0.3 is 6.18 Å². The molecular weight excluding hydrogens is 275 g/mol. The second-order valence-corrected chi connectivity index (χ2v) is 4.44. The molecule has 0 aromatic carbocycles. The van der Waals surface area contributed by atoms with Crippen molar-refractivity contribution in [3.8, 4) is 0 Å². The topological polar surface area (TPSA) is 79.4 Å². The maximum atomic E-state index is 12.7. The van der Waals surface area contributed by atoms with Gasteiger partial charge in [-0.1, -0.05) is 0 Å². The number of rotatable bonds is 5. The zero-order chi connectivity index (χ0) is 15.5. The molecule has 1 heterocycles. The maximum Gasteiger partial charge on any atom is 0.433 e. The lowest BCUT2D eigenvalue weighted by atomic mass is 10.1. The lowest BCUT2D eigenvalue weighted by Gasteiger charge is -2.29. The van der Waals surface area contributed by atoms with Crippen molar-refractivity contribution in [1.82, 2.24) is 4.98 Å². The molecule has 20 heavy (non-hydrogen) atoms. The standard InChI is InChI=1S/C12H16F3N3O2/c1-7(2)18(5-6-19)11-8(10(16)20)3-4-9(17-11)12(13,14)15/h3-4,7,19H,5-6H2,1-2H3,(H2,16,20). The summed E-state index contributed by atoms with van der Waals surface area (Å²) in [5, 5.41) is 9.00. The number of alkyl halides is 3. The fourth-order valence-corrected chi connectivity index (χ4v) is 1.73. The zero-order valence-corrected chi connectivity index (χ0v) is 11.1. The van der Waals surface area contributed by atoms with Crippen LogP contribution in [0.3, 0.4) is 0 Å². The van der Waals surface area contributed by atoms with Crippen molar-refractivity contribution < 1.29 is 23.1 Å². The third kappa shape index (κ3) is 3.60. The Morgan fingerprint density at radius 1 is 1.45 bits per heavy atom. The molecule has 0 fully saturated rings. The Morgan fingerprint density at radius 3 is 2.45 bits per heavy atom. The molecule has 0 spiro atoms. The van der Waals surface area contributed by atoms with Crippen molar-refractivity contribution in [1.29, 1.82) is 0 Å². The highest BCUT2D eigenvalue weighted by Gasteiger charge is 2.34. The number of carbonyl (C=O) groups is 1. The van der Waals surface area contributed by atoms with Crippen LogP contribution in [0.25, 0.3) is 0 Å². The minimum absolute atomic E-state index is 0.0479. The number of carbonyl (C=O) groups excluding carboxylic acids is 1. The molecule has 8 heteroatoms. The minimum Gasteiger partial charge on any atom is -0.395 e. The van der Waals surface area contributed by atoms with Crippen molar-refractivity contribution in [3.05, 3.63) is 23.4 Å². The number of hydrogen-bond donors (Lipinski definition) is 2. The highest BCUT2D eigenvalue weighted by molar-refractivity contribution is 5.97. The smallest absolute Gasteiger partial charge is 0.395 e. The van der Waals surface area contributed by atoms with Crippen LogP contribution in [-0.2, 0) is 6.18 Å². The van der Waals surface area contributed by atoms with Crippen LogP contribution < -0.4 is 10.6 Å². The predicted octanol–water partition coefficient (Wildman–Crippen LogP) is 1.41. The Hall–Kier alpha value is -1.83. The number of hydrogen-bond acceptors (Lipinski definition) is 4. The summed E-state index contributed by atoms with van der Waals surface area (Å²) in [5.74, 6) is -1.04. The van der Waals surface area contributed by atoms with E-state index in [-0.39, 0.29) is 30.6 Å². The fraction of sp³-hybridized carbons (Fsp3) is 0.500. The van der Waals surface area contributed by atoms with E-state index in [1.54, 1.807) is 13.8 Å². The molecule has 1 amide bonds. The highest BCUT2D eigenvalue weighted by atomic mass is 19.4. The number of aliphatic hydroxyl groups excluding tert-OH is 1. The van der Waals surface area contributed by atoms with Crippen molar-refractivity contribution in [2.45, 2.75) is 26.1 Å². The number of halogens is 3. The van der Waals surface area contributed by atoms with Crippen LogP contribution in [0.5, 0.6) is 0 Å². The van der Waals surface area contributed by atoms with Crippen molar-refractivity contribution in [3.63, 3.8) is 0 Å². The van der Waals surface area contributed by atoms with Crippen molar-refractivity contribution >= 4 is 11.7 Å². The molecule has 0 bridgehead atoms. The Bertz CT molecular complexity index is 489. The molecule has 3 N–H and O–H groups in total. The summed E-state index contributed by atoms with van der Waals surface area (Å²) in [5.41, 5.74) is 3.94. The summed E-state index contributed by atoms with van der Waals surface area (Å²) in [6.07, 6.45) is -4.62. The molecule has 5 nitrogen and oxygen atoms in total. The van der Waals surface area contributed by atoms with E-state index in [2.05, 4.69) is 4.98 Å². The lowest BCUT2D eigenvalue weighted by molar-refractivity contribution is -0.141. The van der Waals surface area contributed by atoms with Crippen LogP contribution in [0.15, 0.2) is 12.1 Å². The summed E-state index contributed by atoms with van der Waals surface area (Å²) in [4.78, 5) is 16.2. The average Bonchev–Trinajstić information content (AvgIpc) is 2.33. The Morgan fingerprint density at radius 2 is 2.05 bits per heavy atom. The highest BCUT2D eigenvalue weighted by Crippen LogP contribution is 2.31. The van der Waals surface area contributed by atoms with Crippen molar-refractivity contribution in [2.75, 3.05) is 18.1 Å². The molecule has 1 aromatic rings. The molecular formula is C12H16F3N3O2. The fourth-order valence-electron chi connectivity index (χ4n) is 1.73. The number of nitrogens with two attached hydrogens (primary N) is 1. The molecule has 0 saturated heterocycles. The van der Waals surface area contributed by atoms with E-state index in [0.29, 0.717) is 6.07 Å². The van der Waals surface area contributed by atoms with E-state index >= 15 is 0 Å². The van der Waals surface area contributed by atoms with E-state index in [0.717, 1.165) is 6.07 Å². The molecule has 1 rings (SSSR count). The van der Waals surface area contributed by atoms with Crippen LogP contribution in [0.1, 0.15) is 29.9 Å². The van der Waals surface area contributed by atoms with Gasteiger partial charge in [-0.3, -0.25) is 4.79 Å². The molecule has 0 aliphatic heterocycles. The first-order chi connectivity index (χ1) is 9.18. The van der Waals surface area contributed by atoms with Crippen molar-refractivity contribution in [2.24, 2.45) is 5.73 Å². The normalized spacial score (nSPS) is 11.8. The molecule has 0 unspecified atom stereocenters. The van der Waals surface area contributed by atoms with Gasteiger partial charge in [0.15, 0.2) is 0 Å². The SMILES string of the molecule is CC(C)N(CCO)c1nc(C(F)(F)F)ccc1C(N)=O. The monoisotopic (exact) mass is 291 g/mol. The van der Waals surface area contributed by atoms with E-state index in [1.807, 2.05) is 0 Å². The Labute approximate surface area is 114 Å². The van der Waals surface area contributed by atoms with Gasteiger partial charge in [-0.25, -0.2) is 4.98 Å². The number of primary amides is 1. The minimum atomic E-state index is -4.62. The molecule has 1 aromatic heterocycles. The quantitative estimate of drug-likeness (QED) is 0.859. The van der Waals surface area contributed by atoms with Gasteiger partial charge in [-0.2, -0.15) is 13.2 Å².